The molecule has 2 aliphatic rings. The minimum atomic E-state index is -2.79. The molecule has 0 nitrogen and oxygen atoms in total. The van der Waals surface area contributed by atoms with Gasteiger partial charge in [-0.3, -0.25) is 0 Å². The summed E-state index contributed by atoms with van der Waals surface area (Å²) in [7, 11) is 0. The van der Waals surface area contributed by atoms with Crippen LogP contribution < -0.4 is 15.9 Å². The van der Waals surface area contributed by atoms with Gasteiger partial charge in [-0.15, -0.1) is 0 Å². The van der Waals surface area contributed by atoms with Gasteiger partial charge < -0.3 is 0 Å². The van der Waals surface area contributed by atoms with E-state index in [4.69, 9.17) is 0 Å². The third kappa shape index (κ3) is 5.08. The van der Waals surface area contributed by atoms with Crippen molar-refractivity contribution in [1.82, 2.24) is 0 Å². The van der Waals surface area contributed by atoms with E-state index in [1.165, 1.54) is 64.2 Å². The summed E-state index contributed by atoms with van der Waals surface area (Å²) in [6.07, 6.45) is 16.0. The SMILES string of the molecule is C=CCC1CCC(C2CCC(C(CC)P(I)(c3ccccc3)(c3ccccc3)c3ccccc3)CC2)CC1. The van der Waals surface area contributed by atoms with Crippen LogP contribution in [0.5, 0.6) is 0 Å². The molecule has 2 saturated carbocycles. The fourth-order valence-corrected chi connectivity index (χ4v) is 19.9. The van der Waals surface area contributed by atoms with Gasteiger partial charge in [-0.25, -0.2) is 0 Å². The first-order valence-electron chi connectivity index (χ1n) is 15.1. The molecule has 38 heavy (non-hydrogen) atoms. The van der Waals surface area contributed by atoms with Crippen molar-refractivity contribution in [3.8, 4) is 0 Å². The Morgan fingerprint density at radius 2 is 1.08 bits per heavy atom. The molecule has 0 aromatic heterocycles. The maximum absolute atomic E-state index is 3.99. The fraction of sp³-hybridized carbons (Fsp3) is 0.444. The van der Waals surface area contributed by atoms with Crippen molar-refractivity contribution in [3.63, 3.8) is 0 Å². The maximum atomic E-state index is 3.99. The Hall–Kier alpha value is -1.44. The molecule has 0 heterocycles. The molecule has 2 heteroatoms. The third-order valence-corrected chi connectivity index (χ3v) is 23.4. The molecule has 3 aromatic carbocycles. The Morgan fingerprint density at radius 3 is 1.45 bits per heavy atom. The molecule has 1 unspecified atom stereocenters. The van der Waals surface area contributed by atoms with Gasteiger partial charge >= 0.3 is 246 Å². The molecule has 0 bridgehead atoms. The van der Waals surface area contributed by atoms with Gasteiger partial charge in [-0.2, -0.15) is 0 Å². The second-order valence-electron chi connectivity index (χ2n) is 12.0. The van der Waals surface area contributed by atoms with E-state index in [-0.39, 0.29) is 0 Å². The van der Waals surface area contributed by atoms with E-state index in [1.54, 1.807) is 15.9 Å². The van der Waals surface area contributed by atoms with Gasteiger partial charge in [0.15, 0.2) is 0 Å². The first kappa shape index (κ1) is 28.1. The van der Waals surface area contributed by atoms with E-state index in [2.05, 4.69) is 133 Å². The summed E-state index contributed by atoms with van der Waals surface area (Å²) < 4.78 is -2.79. The number of rotatable bonds is 9. The van der Waals surface area contributed by atoms with Crippen LogP contribution in [0, 0.1) is 23.7 Å². The van der Waals surface area contributed by atoms with E-state index in [9.17, 15) is 0 Å². The van der Waals surface area contributed by atoms with Crippen LogP contribution in [0.2, 0.25) is 0 Å². The molecule has 0 aliphatic heterocycles. The van der Waals surface area contributed by atoms with Crippen molar-refractivity contribution < 1.29 is 0 Å². The number of hydrogen-bond donors (Lipinski definition) is 0. The summed E-state index contributed by atoms with van der Waals surface area (Å²) in [5.74, 6) is 3.57. The number of halogens is 1. The predicted molar refractivity (Wildman–Crippen MR) is 179 cm³/mol. The number of benzene rings is 3. The molecule has 1 atom stereocenters. The zero-order chi connectivity index (χ0) is 26.5. The van der Waals surface area contributed by atoms with Crippen LogP contribution in [0.25, 0.3) is 0 Å². The molecule has 2 aliphatic carbocycles. The summed E-state index contributed by atoms with van der Waals surface area (Å²) in [6.45, 7) is 6.47. The Labute approximate surface area is 245 Å². The molecule has 0 N–H and O–H groups in total. The molecule has 5 rings (SSSR count). The monoisotopic (exact) mass is 636 g/mol. The van der Waals surface area contributed by atoms with E-state index in [1.807, 2.05) is 0 Å². The summed E-state index contributed by atoms with van der Waals surface area (Å²) >= 11 is 3.05. The van der Waals surface area contributed by atoms with Crippen LogP contribution >= 0.6 is 26.3 Å². The average Bonchev–Trinajstić information content (AvgIpc) is 3.00. The van der Waals surface area contributed by atoms with Gasteiger partial charge in [-0.05, 0) is 0 Å². The van der Waals surface area contributed by atoms with Crippen molar-refractivity contribution in [2.24, 2.45) is 23.7 Å². The van der Waals surface area contributed by atoms with Gasteiger partial charge in [0.2, 0.25) is 0 Å². The second-order valence-corrected chi connectivity index (χ2v) is 22.4. The Morgan fingerprint density at radius 1 is 0.684 bits per heavy atom. The van der Waals surface area contributed by atoms with Crippen LogP contribution in [-0.2, 0) is 0 Å². The quantitative estimate of drug-likeness (QED) is 0.125. The van der Waals surface area contributed by atoms with E-state index >= 15 is 0 Å². The first-order valence-corrected chi connectivity index (χ1v) is 20.2. The number of hydrogen-bond acceptors (Lipinski definition) is 0. The second kappa shape index (κ2) is 12.4. The summed E-state index contributed by atoms with van der Waals surface area (Å²) in [5, 5.41) is 4.64. The van der Waals surface area contributed by atoms with Crippen LogP contribution in [0.3, 0.4) is 0 Å². The van der Waals surface area contributed by atoms with Gasteiger partial charge in [0.05, 0.1) is 0 Å². The van der Waals surface area contributed by atoms with Crippen LogP contribution in [-0.4, -0.2) is 5.66 Å². The molecule has 202 valence electrons. The van der Waals surface area contributed by atoms with Crippen molar-refractivity contribution in [2.75, 3.05) is 0 Å². The van der Waals surface area contributed by atoms with Gasteiger partial charge in [0, 0.05) is 0 Å². The topological polar surface area (TPSA) is 0 Å². The molecule has 0 saturated heterocycles. The molecule has 0 spiro atoms. The first-order chi connectivity index (χ1) is 18.6. The van der Waals surface area contributed by atoms with E-state index in [0.29, 0.717) is 5.66 Å². The summed E-state index contributed by atoms with van der Waals surface area (Å²) in [5.41, 5.74) is 0.637. The summed E-state index contributed by atoms with van der Waals surface area (Å²) in [6, 6.07) is 34.9. The van der Waals surface area contributed by atoms with Crippen molar-refractivity contribution >= 4 is 42.2 Å². The fourth-order valence-electron chi connectivity index (χ4n) is 8.38. The van der Waals surface area contributed by atoms with Crippen LogP contribution in [0.1, 0.15) is 71.1 Å². The zero-order valence-electron chi connectivity index (χ0n) is 23.2. The van der Waals surface area contributed by atoms with Crippen LogP contribution in [0.15, 0.2) is 104 Å². The normalized spacial score (nSPS) is 26.1. The predicted octanol–water partition coefficient (Wildman–Crippen LogP) is 9.83. The Balaban J connectivity index is 1.50. The van der Waals surface area contributed by atoms with Crippen molar-refractivity contribution in [1.29, 1.82) is 0 Å². The van der Waals surface area contributed by atoms with E-state index in [0.717, 1.165) is 23.7 Å². The molecule has 0 radical (unpaired) electrons. The Kier molecular flexibility index (Phi) is 9.16. The minimum absolute atomic E-state index is 0.637. The molecule has 2 fully saturated rings. The third-order valence-electron chi connectivity index (χ3n) is 10.2. The van der Waals surface area contributed by atoms with Crippen molar-refractivity contribution in [2.45, 2.75) is 76.8 Å². The van der Waals surface area contributed by atoms with Gasteiger partial charge in [0.25, 0.3) is 0 Å². The average molecular weight is 637 g/mol. The van der Waals surface area contributed by atoms with Crippen molar-refractivity contribution in [3.05, 3.63) is 104 Å². The standard InChI is InChI=1S/C36H46IP/c1-3-14-29-21-23-30(24-22-29)31-25-27-32(28-26-31)36(4-2)38(37,33-15-8-5-9-16-33,34-17-10-6-11-18-34)35-19-12-7-13-20-35/h3,5-13,15-20,29-32,36H,1,4,14,21-28H2,2H3. The zero-order valence-corrected chi connectivity index (χ0v) is 26.3. The number of allylic oxidation sites excluding steroid dienone is 1. The molecular weight excluding hydrogens is 590 g/mol. The Bertz CT molecular complexity index is 1040. The molecule has 3 aromatic rings. The summed E-state index contributed by atoms with van der Waals surface area (Å²) in [4.78, 5) is 0. The van der Waals surface area contributed by atoms with Gasteiger partial charge in [-0.1, -0.05) is 0 Å². The van der Waals surface area contributed by atoms with Crippen LogP contribution in [0.4, 0.5) is 0 Å². The van der Waals surface area contributed by atoms with Gasteiger partial charge in [0.1, 0.15) is 0 Å². The molecular formula is C36H46IP. The molecule has 0 amide bonds. The van der Waals surface area contributed by atoms with E-state index < -0.39 is 4.25 Å².